The second-order valence-corrected chi connectivity index (χ2v) is 4.74. The van der Waals surface area contributed by atoms with E-state index < -0.39 is 7.37 Å². The van der Waals surface area contributed by atoms with Gasteiger partial charge in [0.15, 0.2) is 0 Å². The highest BCUT2D eigenvalue weighted by molar-refractivity contribution is 7.57. The van der Waals surface area contributed by atoms with E-state index in [9.17, 15) is 4.57 Å². The van der Waals surface area contributed by atoms with Crippen molar-refractivity contribution in [3.63, 3.8) is 0 Å². The van der Waals surface area contributed by atoms with Crippen molar-refractivity contribution in [2.24, 2.45) is 0 Å². The summed E-state index contributed by atoms with van der Waals surface area (Å²) in [7, 11) is -2.76. The molecule has 0 amide bonds. The Hall–Kier alpha value is -0.0700. The highest BCUT2D eigenvalue weighted by Crippen LogP contribution is 2.39. The number of allylic oxidation sites excluding steroid dienone is 1. The highest BCUT2D eigenvalue weighted by atomic mass is 31.2. The standard InChI is InChI=1S/C6H13O2P/c1-3-5-6-9(7,8)4-2/h3H,1,4-6H2,2H3,(H,7,8). The van der Waals surface area contributed by atoms with Gasteiger partial charge >= 0.3 is 0 Å². The van der Waals surface area contributed by atoms with E-state index in [-0.39, 0.29) is 0 Å². The first-order chi connectivity index (χ1) is 4.12. The fraction of sp³-hybridized carbons (Fsp3) is 0.667. The van der Waals surface area contributed by atoms with Gasteiger partial charge in [0.1, 0.15) is 0 Å². The van der Waals surface area contributed by atoms with Gasteiger partial charge in [-0.3, -0.25) is 4.57 Å². The summed E-state index contributed by atoms with van der Waals surface area (Å²) >= 11 is 0. The zero-order valence-electron chi connectivity index (χ0n) is 5.71. The molecule has 9 heavy (non-hydrogen) atoms. The molecule has 1 atom stereocenters. The Bertz CT molecular complexity index is 131. The summed E-state index contributed by atoms with van der Waals surface area (Å²) in [5.74, 6) is 0. The van der Waals surface area contributed by atoms with Crippen LogP contribution in [0.25, 0.3) is 0 Å². The van der Waals surface area contributed by atoms with Crippen molar-refractivity contribution in [3.8, 4) is 0 Å². The molecule has 54 valence electrons. The number of rotatable bonds is 4. The SMILES string of the molecule is C=CCCP(=O)(O)CC. The molecule has 0 spiro atoms. The van der Waals surface area contributed by atoms with Gasteiger partial charge in [0.05, 0.1) is 0 Å². The molecule has 0 aromatic rings. The summed E-state index contributed by atoms with van der Waals surface area (Å²) in [5, 5.41) is 0. The van der Waals surface area contributed by atoms with Gasteiger partial charge in [-0.1, -0.05) is 13.0 Å². The van der Waals surface area contributed by atoms with Crippen molar-refractivity contribution in [3.05, 3.63) is 12.7 Å². The van der Waals surface area contributed by atoms with Crippen LogP contribution in [0.5, 0.6) is 0 Å². The predicted molar refractivity (Wildman–Crippen MR) is 40.0 cm³/mol. The lowest BCUT2D eigenvalue weighted by Gasteiger charge is -2.04. The molecule has 0 fully saturated rings. The molecule has 0 aliphatic carbocycles. The summed E-state index contributed by atoms with van der Waals surface area (Å²) in [4.78, 5) is 8.96. The van der Waals surface area contributed by atoms with Crippen molar-refractivity contribution in [2.75, 3.05) is 12.3 Å². The molecule has 3 heteroatoms. The van der Waals surface area contributed by atoms with Crippen LogP contribution in [0, 0.1) is 0 Å². The van der Waals surface area contributed by atoms with Crippen LogP contribution in [-0.2, 0) is 4.57 Å². The van der Waals surface area contributed by atoms with Crippen LogP contribution in [0.15, 0.2) is 12.7 Å². The summed E-state index contributed by atoms with van der Waals surface area (Å²) in [6.07, 6.45) is 3.06. The molecule has 0 rings (SSSR count). The van der Waals surface area contributed by atoms with Gasteiger partial charge in [0, 0.05) is 12.3 Å². The molecule has 0 bridgehead atoms. The van der Waals surface area contributed by atoms with Gasteiger partial charge in [-0.05, 0) is 6.42 Å². The monoisotopic (exact) mass is 148 g/mol. The molecular weight excluding hydrogens is 135 g/mol. The molecule has 0 aromatic heterocycles. The third kappa shape index (κ3) is 4.43. The van der Waals surface area contributed by atoms with E-state index in [4.69, 9.17) is 4.89 Å². The van der Waals surface area contributed by atoms with E-state index in [0.717, 1.165) is 0 Å². The second kappa shape index (κ2) is 3.86. The van der Waals surface area contributed by atoms with Crippen LogP contribution in [0.2, 0.25) is 0 Å². The van der Waals surface area contributed by atoms with Gasteiger partial charge in [-0.2, -0.15) is 0 Å². The van der Waals surface area contributed by atoms with E-state index >= 15 is 0 Å². The smallest absolute Gasteiger partial charge is 0.200 e. The average molecular weight is 148 g/mol. The van der Waals surface area contributed by atoms with Gasteiger partial charge in [0.25, 0.3) is 0 Å². The Morgan fingerprint density at radius 2 is 2.33 bits per heavy atom. The van der Waals surface area contributed by atoms with E-state index in [1.165, 1.54) is 0 Å². The second-order valence-electron chi connectivity index (χ2n) is 1.96. The van der Waals surface area contributed by atoms with Gasteiger partial charge in [-0.15, -0.1) is 6.58 Å². The largest absolute Gasteiger partial charge is 0.344 e. The normalized spacial score (nSPS) is 16.7. The molecule has 1 N–H and O–H groups in total. The van der Waals surface area contributed by atoms with Crippen molar-refractivity contribution in [1.82, 2.24) is 0 Å². The Morgan fingerprint density at radius 1 is 1.78 bits per heavy atom. The number of hydrogen-bond acceptors (Lipinski definition) is 1. The molecular formula is C6H13O2P. The molecule has 0 saturated carbocycles. The quantitative estimate of drug-likeness (QED) is 0.488. The summed E-state index contributed by atoms with van der Waals surface area (Å²) in [6.45, 7) is 5.19. The molecule has 0 aliphatic rings. The lowest BCUT2D eigenvalue weighted by molar-refractivity contribution is 0.479. The van der Waals surface area contributed by atoms with Gasteiger partial charge in [-0.25, -0.2) is 0 Å². The average Bonchev–Trinajstić information content (AvgIpc) is 1.84. The first-order valence-electron chi connectivity index (χ1n) is 3.04. The zero-order chi connectivity index (χ0) is 7.33. The summed E-state index contributed by atoms with van der Waals surface area (Å²) in [6, 6.07) is 0. The maximum atomic E-state index is 10.8. The van der Waals surface area contributed by atoms with Crippen LogP contribution in [-0.4, -0.2) is 17.2 Å². The fourth-order valence-electron chi connectivity index (χ4n) is 0.451. The molecule has 0 radical (unpaired) electrons. The molecule has 0 heterocycles. The van der Waals surface area contributed by atoms with Gasteiger partial charge in [0.2, 0.25) is 7.37 Å². The predicted octanol–water partition coefficient (Wildman–Crippen LogP) is 1.85. The summed E-state index contributed by atoms with van der Waals surface area (Å²) in [5.41, 5.74) is 0. The zero-order valence-corrected chi connectivity index (χ0v) is 6.60. The maximum absolute atomic E-state index is 10.8. The third-order valence-electron chi connectivity index (χ3n) is 1.18. The van der Waals surface area contributed by atoms with Crippen LogP contribution in [0.1, 0.15) is 13.3 Å². The van der Waals surface area contributed by atoms with Crippen molar-refractivity contribution in [2.45, 2.75) is 13.3 Å². The van der Waals surface area contributed by atoms with Crippen LogP contribution in [0.4, 0.5) is 0 Å². The maximum Gasteiger partial charge on any atom is 0.200 e. The lowest BCUT2D eigenvalue weighted by atomic mass is 10.5. The van der Waals surface area contributed by atoms with Crippen LogP contribution in [0.3, 0.4) is 0 Å². The minimum absolute atomic E-state index is 0.376. The van der Waals surface area contributed by atoms with Crippen molar-refractivity contribution >= 4 is 7.37 Å². The minimum Gasteiger partial charge on any atom is -0.344 e. The lowest BCUT2D eigenvalue weighted by Crippen LogP contribution is -1.88. The Kier molecular flexibility index (Phi) is 3.83. The number of hydrogen-bond donors (Lipinski definition) is 1. The van der Waals surface area contributed by atoms with Gasteiger partial charge < -0.3 is 4.89 Å². The van der Waals surface area contributed by atoms with E-state index in [0.29, 0.717) is 18.7 Å². The fourth-order valence-corrected chi connectivity index (χ4v) is 1.35. The third-order valence-corrected chi connectivity index (χ3v) is 3.12. The Balaban J connectivity index is 3.58. The molecule has 2 nitrogen and oxygen atoms in total. The van der Waals surface area contributed by atoms with Crippen molar-refractivity contribution in [1.29, 1.82) is 0 Å². The minimum atomic E-state index is -2.76. The Morgan fingerprint density at radius 3 is 2.67 bits per heavy atom. The highest BCUT2D eigenvalue weighted by Gasteiger charge is 2.11. The van der Waals surface area contributed by atoms with E-state index in [1.54, 1.807) is 13.0 Å². The summed E-state index contributed by atoms with van der Waals surface area (Å²) < 4.78 is 10.8. The first-order valence-corrected chi connectivity index (χ1v) is 5.07. The topological polar surface area (TPSA) is 37.3 Å². The molecule has 1 unspecified atom stereocenters. The van der Waals surface area contributed by atoms with Crippen molar-refractivity contribution < 1.29 is 9.46 Å². The van der Waals surface area contributed by atoms with E-state index in [1.807, 2.05) is 0 Å². The first kappa shape index (κ1) is 8.93. The molecule has 0 saturated heterocycles. The van der Waals surface area contributed by atoms with Crippen LogP contribution >= 0.6 is 7.37 Å². The Labute approximate surface area is 56.0 Å². The van der Waals surface area contributed by atoms with E-state index in [2.05, 4.69) is 6.58 Å². The molecule has 0 aromatic carbocycles. The van der Waals surface area contributed by atoms with Crippen LogP contribution < -0.4 is 0 Å². The molecule has 0 aliphatic heterocycles.